The molecule has 0 bridgehead atoms. The number of aryl methyl sites for hydroxylation is 1. The van der Waals surface area contributed by atoms with Crippen LogP contribution in [0.1, 0.15) is 26.5 Å². The number of piperazine rings is 1. The van der Waals surface area contributed by atoms with Crippen molar-refractivity contribution in [3.8, 4) is 5.75 Å². The minimum atomic E-state index is -0.199. The Bertz CT molecular complexity index is 774. The van der Waals surface area contributed by atoms with E-state index in [9.17, 15) is 14.7 Å². The number of aromatic hydroxyl groups is 1. The highest BCUT2D eigenvalue weighted by atomic mass is 16.3. The molecule has 0 saturated carbocycles. The van der Waals surface area contributed by atoms with E-state index in [-0.39, 0.29) is 17.6 Å². The van der Waals surface area contributed by atoms with Crippen LogP contribution in [0.3, 0.4) is 0 Å². The van der Waals surface area contributed by atoms with Gasteiger partial charge in [-0.25, -0.2) is 0 Å². The Hall–Kier alpha value is -2.76. The molecule has 0 aliphatic carbocycles. The summed E-state index contributed by atoms with van der Waals surface area (Å²) < 4.78 is 1.88. The van der Waals surface area contributed by atoms with Crippen molar-refractivity contribution >= 4 is 11.8 Å². The molecule has 2 amide bonds. The number of nitrogens with zero attached hydrogens (tertiary/aromatic N) is 3. The van der Waals surface area contributed by atoms with Crippen molar-refractivity contribution in [3.05, 3.63) is 53.3 Å². The molecule has 6 heteroatoms. The fourth-order valence-corrected chi connectivity index (χ4v) is 2.93. The number of amides is 2. The molecule has 1 aliphatic heterocycles. The summed E-state index contributed by atoms with van der Waals surface area (Å²) >= 11 is 0. The molecule has 1 fully saturated rings. The van der Waals surface area contributed by atoms with E-state index in [1.165, 1.54) is 6.07 Å². The van der Waals surface area contributed by atoms with Gasteiger partial charge in [-0.3, -0.25) is 9.59 Å². The van der Waals surface area contributed by atoms with Crippen LogP contribution in [0, 0.1) is 6.92 Å². The lowest BCUT2D eigenvalue weighted by atomic mass is 10.1. The van der Waals surface area contributed by atoms with E-state index >= 15 is 0 Å². The van der Waals surface area contributed by atoms with E-state index in [1.807, 2.05) is 30.7 Å². The number of carbonyl (C=O) groups is 2. The number of carbonyl (C=O) groups excluding carboxylic acids is 2. The Morgan fingerprint density at radius 1 is 0.917 bits per heavy atom. The molecular weight excluding hydrogens is 306 g/mol. The molecule has 24 heavy (non-hydrogen) atoms. The highest BCUT2D eigenvalue weighted by Crippen LogP contribution is 2.19. The maximum Gasteiger partial charge on any atom is 0.270 e. The number of phenolic OH excluding ortho intramolecular Hbond substituents is 1. The maximum atomic E-state index is 12.6. The van der Waals surface area contributed by atoms with Crippen LogP contribution in [0.15, 0.2) is 36.4 Å². The van der Waals surface area contributed by atoms with Crippen LogP contribution in [-0.2, 0) is 7.05 Å². The van der Waals surface area contributed by atoms with E-state index in [2.05, 4.69) is 0 Å². The summed E-state index contributed by atoms with van der Waals surface area (Å²) in [4.78, 5) is 28.5. The lowest BCUT2D eigenvalue weighted by Gasteiger charge is -2.35. The van der Waals surface area contributed by atoms with E-state index in [0.717, 1.165) is 5.69 Å². The van der Waals surface area contributed by atoms with E-state index in [1.54, 1.807) is 28.0 Å². The second-order valence-electron chi connectivity index (χ2n) is 6.02. The minimum absolute atomic E-state index is 0.0136. The predicted octanol–water partition coefficient (Wildman–Crippen LogP) is 1.64. The lowest BCUT2D eigenvalue weighted by Crippen LogP contribution is -2.50. The van der Waals surface area contributed by atoms with E-state index < -0.39 is 0 Å². The highest BCUT2D eigenvalue weighted by Gasteiger charge is 2.27. The second-order valence-corrected chi connectivity index (χ2v) is 6.02. The quantitative estimate of drug-likeness (QED) is 0.912. The van der Waals surface area contributed by atoms with Crippen molar-refractivity contribution in [2.24, 2.45) is 7.05 Å². The van der Waals surface area contributed by atoms with Crippen LogP contribution < -0.4 is 0 Å². The third-order valence-corrected chi connectivity index (χ3v) is 4.58. The van der Waals surface area contributed by atoms with Crippen molar-refractivity contribution in [1.29, 1.82) is 0 Å². The number of phenols is 1. The van der Waals surface area contributed by atoms with Gasteiger partial charge in [-0.1, -0.05) is 12.1 Å². The van der Waals surface area contributed by atoms with Crippen LogP contribution in [-0.4, -0.2) is 57.5 Å². The molecule has 2 heterocycles. The van der Waals surface area contributed by atoms with Gasteiger partial charge in [0.25, 0.3) is 11.8 Å². The van der Waals surface area contributed by atoms with Crippen LogP contribution in [0.5, 0.6) is 5.75 Å². The predicted molar refractivity (Wildman–Crippen MR) is 90.1 cm³/mol. The average molecular weight is 327 g/mol. The highest BCUT2D eigenvalue weighted by molar-refractivity contribution is 5.97. The summed E-state index contributed by atoms with van der Waals surface area (Å²) in [5.74, 6) is -0.226. The van der Waals surface area contributed by atoms with Gasteiger partial charge < -0.3 is 19.5 Å². The van der Waals surface area contributed by atoms with Crippen molar-refractivity contribution in [2.45, 2.75) is 6.92 Å². The lowest BCUT2D eigenvalue weighted by molar-refractivity contribution is 0.0528. The summed E-state index contributed by atoms with van der Waals surface area (Å²) in [7, 11) is 1.88. The van der Waals surface area contributed by atoms with Gasteiger partial charge in [-0.15, -0.1) is 0 Å². The molecule has 0 spiro atoms. The fourth-order valence-electron chi connectivity index (χ4n) is 2.93. The number of benzene rings is 1. The number of rotatable bonds is 2. The van der Waals surface area contributed by atoms with Crippen molar-refractivity contribution in [1.82, 2.24) is 14.4 Å². The first-order valence-corrected chi connectivity index (χ1v) is 7.98. The first-order valence-electron chi connectivity index (χ1n) is 7.98. The molecular formula is C18H21N3O3. The first kappa shape index (κ1) is 16.1. The SMILES string of the molecule is Cc1ccc(C(=O)N2CCN(C(=O)c3ccccc3O)CC2)n1C. The van der Waals surface area contributed by atoms with Gasteiger partial charge in [0.2, 0.25) is 0 Å². The third kappa shape index (κ3) is 2.87. The van der Waals surface area contributed by atoms with Gasteiger partial charge in [0, 0.05) is 38.9 Å². The smallest absolute Gasteiger partial charge is 0.270 e. The number of para-hydroxylation sites is 1. The van der Waals surface area contributed by atoms with Gasteiger partial charge in [0.15, 0.2) is 0 Å². The van der Waals surface area contributed by atoms with Crippen LogP contribution in [0.4, 0.5) is 0 Å². The molecule has 2 aromatic rings. The van der Waals surface area contributed by atoms with Gasteiger partial charge >= 0.3 is 0 Å². The Morgan fingerprint density at radius 3 is 2.04 bits per heavy atom. The molecule has 126 valence electrons. The summed E-state index contributed by atoms with van der Waals surface area (Å²) in [6, 6.07) is 10.3. The topological polar surface area (TPSA) is 65.8 Å². The summed E-state index contributed by atoms with van der Waals surface area (Å²) in [5.41, 5.74) is 2.00. The first-order chi connectivity index (χ1) is 11.5. The molecule has 0 radical (unpaired) electrons. The normalized spacial score (nSPS) is 14.8. The standard InChI is InChI=1S/C18H21N3O3/c1-13-7-8-15(19(13)2)18(24)21-11-9-20(10-12-21)17(23)14-5-3-4-6-16(14)22/h3-8,22H,9-12H2,1-2H3. The Morgan fingerprint density at radius 2 is 1.50 bits per heavy atom. The maximum absolute atomic E-state index is 12.6. The minimum Gasteiger partial charge on any atom is -0.507 e. The Kier molecular flexibility index (Phi) is 4.29. The van der Waals surface area contributed by atoms with Crippen LogP contribution in [0.2, 0.25) is 0 Å². The number of hydrogen-bond acceptors (Lipinski definition) is 3. The fraction of sp³-hybridized carbons (Fsp3) is 0.333. The molecule has 3 rings (SSSR count). The molecule has 1 aromatic carbocycles. The largest absolute Gasteiger partial charge is 0.507 e. The van der Waals surface area contributed by atoms with Gasteiger partial charge in [-0.2, -0.15) is 0 Å². The molecule has 1 N–H and O–H groups in total. The monoisotopic (exact) mass is 327 g/mol. The number of aromatic nitrogens is 1. The molecule has 0 atom stereocenters. The summed E-state index contributed by atoms with van der Waals surface area (Å²) in [6.45, 7) is 3.86. The molecule has 1 saturated heterocycles. The van der Waals surface area contributed by atoms with Crippen LogP contribution in [0.25, 0.3) is 0 Å². The summed E-state index contributed by atoms with van der Waals surface area (Å²) in [6.07, 6.45) is 0. The molecule has 1 aromatic heterocycles. The van der Waals surface area contributed by atoms with Gasteiger partial charge in [0.05, 0.1) is 5.56 Å². The van der Waals surface area contributed by atoms with Crippen LogP contribution >= 0.6 is 0 Å². The molecule has 6 nitrogen and oxygen atoms in total. The van der Waals surface area contributed by atoms with E-state index in [0.29, 0.717) is 37.4 Å². The van der Waals surface area contributed by atoms with Gasteiger partial charge in [0.1, 0.15) is 11.4 Å². The van der Waals surface area contributed by atoms with Crippen molar-refractivity contribution in [2.75, 3.05) is 26.2 Å². The Balaban J connectivity index is 1.66. The van der Waals surface area contributed by atoms with Crippen molar-refractivity contribution < 1.29 is 14.7 Å². The number of hydrogen-bond donors (Lipinski definition) is 1. The Labute approximate surface area is 140 Å². The zero-order valence-corrected chi connectivity index (χ0v) is 13.9. The second kappa shape index (κ2) is 6.39. The van der Waals surface area contributed by atoms with Crippen molar-refractivity contribution in [3.63, 3.8) is 0 Å². The van der Waals surface area contributed by atoms with Gasteiger partial charge in [-0.05, 0) is 31.2 Å². The van der Waals surface area contributed by atoms with E-state index in [4.69, 9.17) is 0 Å². The third-order valence-electron chi connectivity index (χ3n) is 4.58. The molecule has 0 unspecified atom stereocenters. The average Bonchev–Trinajstić information content (AvgIpc) is 2.93. The summed E-state index contributed by atoms with van der Waals surface area (Å²) in [5, 5.41) is 9.82. The molecule has 1 aliphatic rings. The zero-order chi connectivity index (χ0) is 17.3. The zero-order valence-electron chi connectivity index (χ0n) is 13.9.